The molecular weight excluding hydrogens is 485 g/mol. The van der Waals surface area contributed by atoms with E-state index in [-0.39, 0.29) is 29.6 Å². The average molecular weight is 512 g/mol. The van der Waals surface area contributed by atoms with Gasteiger partial charge in [0, 0.05) is 30.5 Å². The Balaban J connectivity index is 1.45. The number of nitrogens with one attached hydrogen (secondary N) is 1. The number of rotatable bonds is 9. The van der Waals surface area contributed by atoms with Gasteiger partial charge in [-0.1, -0.05) is 23.7 Å². The van der Waals surface area contributed by atoms with Crippen LogP contribution in [0.1, 0.15) is 42.1 Å². The summed E-state index contributed by atoms with van der Waals surface area (Å²) in [5, 5.41) is 13.9. The van der Waals surface area contributed by atoms with E-state index in [1.165, 1.54) is 19.2 Å². The first kappa shape index (κ1) is 25.7. The molecule has 3 aromatic rings. The second-order valence-corrected chi connectivity index (χ2v) is 9.36. The van der Waals surface area contributed by atoms with E-state index in [9.17, 15) is 19.1 Å². The van der Waals surface area contributed by atoms with Gasteiger partial charge in [0.1, 0.15) is 17.3 Å². The van der Waals surface area contributed by atoms with Crippen LogP contribution in [0.4, 0.5) is 4.39 Å². The Hall–Kier alpha value is -3.42. The number of Topliss-reactive ketones (excluding diaryl/α,β-unsaturated/α-hetero) is 1. The van der Waals surface area contributed by atoms with Gasteiger partial charge >= 0.3 is 0 Å². The number of carbonyl (C=O) groups is 2. The van der Waals surface area contributed by atoms with Gasteiger partial charge < -0.3 is 19.9 Å². The third-order valence-electron chi connectivity index (χ3n) is 6.34. The number of ketones is 1. The van der Waals surface area contributed by atoms with E-state index >= 15 is 0 Å². The highest BCUT2D eigenvalue weighted by molar-refractivity contribution is 6.31. The van der Waals surface area contributed by atoms with Crippen molar-refractivity contribution in [3.05, 3.63) is 82.6 Å². The van der Waals surface area contributed by atoms with Crippen molar-refractivity contribution < 1.29 is 28.6 Å². The molecule has 36 heavy (non-hydrogen) atoms. The molecule has 1 aliphatic heterocycles. The van der Waals surface area contributed by atoms with E-state index in [1.807, 2.05) is 0 Å². The van der Waals surface area contributed by atoms with Gasteiger partial charge in [-0.2, -0.15) is 0 Å². The first-order valence-corrected chi connectivity index (χ1v) is 12.0. The molecule has 0 bridgehead atoms. The summed E-state index contributed by atoms with van der Waals surface area (Å²) in [4.78, 5) is 24.5. The first-order valence-electron chi connectivity index (χ1n) is 11.6. The van der Waals surface area contributed by atoms with Crippen molar-refractivity contribution in [2.24, 2.45) is 0 Å². The van der Waals surface area contributed by atoms with Gasteiger partial charge in [-0.05, 0) is 73.0 Å². The number of benzene rings is 3. The van der Waals surface area contributed by atoms with Gasteiger partial charge in [-0.15, -0.1) is 0 Å². The van der Waals surface area contributed by atoms with Crippen molar-refractivity contribution in [3.63, 3.8) is 0 Å². The molecule has 1 heterocycles. The van der Waals surface area contributed by atoms with Gasteiger partial charge in [0.05, 0.1) is 17.7 Å². The third kappa shape index (κ3) is 5.69. The van der Waals surface area contributed by atoms with Crippen LogP contribution in [0.25, 0.3) is 11.1 Å². The van der Waals surface area contributed by atoms with Crippen LogP contribution in [-0.2, 0) is 10.4 Å². The molecule has 2 N–H and O–H groups in total. The summed E-state index contributed by atoms with van der Waals surface area (Å²) in [5.74, 6) is 0.281. The Bertz CT molecular complexity index is 1280. The molecule has 8 heteroatoms. The standard InChI is InChI=1S/C28H27ClFNO5/c1-28(34,19-6-10-25(35-2)21(16-19)18-5-9-23(30)22(29)15-18)13-11-24(32)17-3-7-20(8-4-17)36-26-12-14-31-27(26)33/h3-10,15-16,26,34H,11-14H2,1-2H3,(H,31,33)/t26-,28?/m0/s1. The largest absolute Gasteiger partial charge is 0.496 e. The zero-order chi connectivity index (χ0) is 25.9. The SMILES string of the molecule is COc1ccc(C(C)(O)CCC(=O)c2ccc(O[C@H]3CCNC3=O)cc2)cc1-c1ccc(F)c(Cl)c1. The van der Waals surface area contributed by atoms with Crippen LogP contribution in [0.5, 0.6) is 11.5 Å². The van der Waals surface area contributed by atoms with Crippen LogP contribution in [-0.4, -0.2) is 36.6 Å². The Kier molecular flexibility index (Phi) is 7.62. The maximum absolute atomic E-state index is 13.7. The number of amides is 1. The van der Waals surface area contributed by atoms with E-state index in [0.717, 1.165) is 0 Å². The minimum Gasteiger partial charge on any atom is -0.496 e. The van der Waals surface area contributed by atoms with Gasteiger partial charge in [0.25, 0.3) is 5.91 Å². The molecule has 1 saturated heterocycles. The van der Waals surface area contributed by atoms with Crippen molar-refractivity contribution in [2.75, 3.05) is 13.7 Å². The maximum atomic E-state index is 13.7. The number of ether oxygens (including phenoxy) is 2. The van der Waals surface area contributed by atoms with E-state index in [4.69, 9.17) is 21.1 Å². The highest BCUT2D eigenvalue weighted by Gasteiger charge is 2.27. The second-order valence-electron chi connectivity index (χ2n) is 8.95. The van der Waals surface area contributed by atoms with E-state index in [1.54, 1.807) is 55.5 Å². The molecule has 188 valence electrons. The molecule has 6 nitrogen and oxygen atoms in total. The molecule has 1 amide bonds. The highest BCUT2D eigenvalue weighted by Crippen LogP contribution is 2.37. The minimum atomic E-state index is -1.31. The van der Waals surface area contributed by atoms with Crippen molar-refractivity contribution in [3.8, 4) is 22.6 Å². The zero-order valence-corrected chi connectivity index (χ0v) is 20.8. The van der Waals surface area contributed by atoms with Crippen molar-refractivity contribution in [1.82, 2.24) is 5.32 Å². The third-order valence-corrected chi connectivity index (χ3v) is 6.63. The zero-order valence-electron chi connectivity index (χ0n) is 20.0. The number of halogens is 2. The van der Waals surface area contributed by atoms with Crippen molar-refractivity contribution >= 4 is 23.3 Å². The number of methoxy groups -OCH3 is 1. The topological polar surface area (TPSA) is 84.9 Å². The van der Waals surface area contributed by atoms with Crippen LogP contribution in [0.2, 0.25) is 5.02 Å². The number of aliphatic hydroxyl groups is 1. The summed E-state index contributed by atoms with van der Waals surface area (Å²) in [6.45, 7) is 2.24. The second kappa shape index (κ2) is 10.7. The lowest BCUT2D eigenvalue weighted by molar-refractivity contribution is -0.124. The van der Waals surface area contributed by atoms with Crippen molar-refractivity contribution in [1.29, 1.82) is 0 Å². The lowest BCUT2D eigenvalue weighted by atomic mass is 9.87. The van der Waals surface area contributed by atoms with Crippen LogP contribution in [0.15, 0.2) is 60.7 Å². The first-order chi connectivity index (χ1) is 17.2. The molecule has 3 aromatic carbocycles. The maximum Gasteiger partial charge on any atom is 0.261 e. The summed E-state index contributed by atoms with van der Waals surface area (Å²) in [6, 6.07) is 16.2. The molecule has 1 fully saturated rings. The van der Waals surface area contributed by atoms with Crippen LogP contribution in [0.3, 0.4) is 0 Å². The van der Waals surface area contributed by atoms with Crippen LogP contribution >= 0.6 is 11.6 Å². The Morgan fingerprint density at radius 2 is 1.92 bits per heavy atom. The van der Waals surface area contributed by atoms with E-state index in [0.29, 0.717) is 46.7 Å². The fraction of sp³-hybridized carbons (Fsp3) is 0.286. The van der Waals surface area contributed by atoms with Gasteiger partial charge in [0.2, 0.25) is 0 Å². The lowest BCUT2D eigenvalue weighted by Gasteiger charge is -2.25. The Labute approximate surface area is 214 Å². The Morgan fingerprint density at radius 3 is 2.56 bits per heavy atom. The molecule has 0 radical (unpaired) electrons. The summed E-state index contributed by atoms with van der Waals surface area (Å²) < 4.78 is 24.8. The highest BCUT2D eigenvalue weighted by atomic mass is 35.5. The molecule has 2 atom stereocenters. The smallest absolute Gasteiger partial charge is 0.261 e. The molecule has 1 unspecified atom stereocenters. The molecule has 4 rings (SSSR count). The van der Waals surface area contributed by atoms with Crippen LogP contribution < -0.4 is 14.8 Å². The molecule has 1 aliphatic rings. The summed E-state index contributed by atoms with van der Waals surface area (Å²) in [6.07, 6.45) is 0.391. The monoisotopic (exact) mass is 511 g/mol. The normalized spacial score (nSPS) is 16.8. The summed E-state index contributed by atoms with van der Waals surface area (Å²) in [7, 11) is 1.53. The van der Waals surface area contributed by atoms with E-state index < -0.39 is 17.5 Å². The number of carbonyl (C=O) groups excluding carboxylic acids is 2. The molecule has 0 aromatic heterocycles. The average Bonchev–Trinajstić information content (AvgIpc) is 3.28. The molecule has 0 aliphatic carbocycles. The molecule has 0 spiro atoms. The van der Waals surface area contributed by atoms with Gasteiger partial charge in [-0.25, -0.2) is 4.39 Å². The quantitative estimate of drug-likeness (QED) is 0.381. The minimum absolute atomic E-state index is 0.0137. The number of hydrogen-bond donors (Lipinski definition) is 2. The fourth-order valence-corrected chi connectivity index (χ4v) is 4.33. The Morgan fingerprint density at radius 1 is 1.17 bits per heavy atom. The van der Waals surface area contributed by atoms with Gasteiger partial charge in [0.15, 0.2) is 11.9 Å². The van der Waals surface area contributed by atoms with Crippen LogP contribution in [0, 0.1) is 5.82 Å². The fourth-order valence-electron chi connectivity index (χ4n) is 4.15. The predicted molar refractivity (Wildman–Crippen MR) is 135 cm³/mol. The lowest BCUT2D eigenvalue weighted by Crippen LogP contribution is -2.27. The molecule has 0 saturated carbocycles. The van der Waals surface area contributed by atoms with E-state index in [2.05, 4.69) is 5.32 Å². The molecular formula is C28H27ClFNO5. The summed E-state index contributed by atoms with van der Waals surface area (Å²) in [5.41, 5.74) is 1.06. The predicted octanol–water partition coefficient (Wildman–Crippen LogP) is 5.29. The van der Waals surface area contributed by atoms with Gasteiger partial charge in [-0.3, -0.25) is 9.59 Å². The summed E-state index contributed by atoms with van der Waals surface area (Å²) >= 11 is 5.96. The van der Waals surface area contributed by atoms with Crippen molar-refractivity contribution in [2.45, 2.75) is 37.9 Å². The number of hydrogen-bond acceptors (Lipinski definition) is 5.